The van der Waals surface area contributed by atoms with Crippen LogP contribution in [-0.2, 0) is 0 Å². The predicted molar refractivity (Wildman–Crippen MR) is 40.1 cm³/mol. The third-order valence-electron chi connectivity index (χ3n) is 1.56. The highest BCUT2D eigenvalue weighted by Gasteiger charge is 2.06. The molecule has 4 nitrogen and oxygen atoms in total. The van der Waals surface area contributed by atoms with Gasteiger partial charge in [-0.05, 0) is 6.92 Å². The first-order valence-corrected chi connectivity index (χ1v) is 3.45. The van der Waals surface area contributed by atoms with Crippen LogP contribution in [0.1, 0.15) is 18.7 Å². The van der Waals surface area contributed by atoms with Crippen LogP contribution in [0.4, 0.5) is 0 Å². The summed E-state index contributed by atoms with van der Waals surface area (Å²) in [6.07, 6.45) is 5.35. The monoisotopic (exact) mass is 151 g/mol. The molecule has 4 heteroatoms. The van der Waals surface area contributed by atoms with Crippen LogP contribution in [-0.4, -0.2) is 9.38 Å². The van der Waals surface area contributed by atoms with E-state index in [2.05, 4.69) is 4.98 Å². The van der Waals surface area contributed by atoms with Crippen molar-refractivity contribution in [3.05, 3.63) is 24.4 Å². The van der Waals surface area contributed by atoms with Crippen molar-refractivity contribution in [3.8, 4) is 0 Å². The van der Waals surface area contributed by atoms with E-state index in [0.717, 1.165) is 5.76 Å². The van der Waals surface area contributed by atoms with Crippen LogP contribution < -0.4 is 5.73 Å². The van der Waals surface area contributed by atoms with E-state index in [1.807, 2.05) is 19.3 Å². The van der Waals surface area contributed by atoms with Crippen LogP contribution in [0.3, 0.4) is 0 Å². The van der Waals surface area contributed by atoms with Crippen molar-refractivity contribution in [2.75, 3.05) is 0 Å². The van der Waals surface area contributed by atoms with Crippen molar-refractivity contribution in [1.29, 1.82) is 0 Å². The molecule has 0 aliphatic heterocycles. The van der Waals surface area contributed by atoms with Gasteiger partial charge in [0.2, 0.25) is 0 Å². The second-order valence-electron chi connectivity index (χ2n) is 2.54. The summed E-state index contributed by atoms with van der Waals surface area (Å²) >= 11 is 0. The molecule has 2 heterocycles. The standard InChI is InChI=1S/C7H9N3O/c1-5(8)6-4-10-3-2-9-7(10)11-6/h2-5H,8H2,1H3. The molecule has 0 spiro atoms. The molecule has 0 fully saturated rings. The van der Waals surface area contributed by atoms with E-state index in [-0.39, 0.29) is 6.04 Å². The zero-order valence-electron chi connectivity index (χ0n) is 6.19. The Morgan fingerprint density at radius 3 is 3.18 bits per heavy atom. The number of imidazole rings is 1. The van der Waals surface area contributed by atoms with Crippen molar-refractivity contribution in [2.24, 2.45) is 5.73 Å². The van der Waals surface area contributed by atoms with Crippen LogP contribution in [0.15, 0.2) is 23.0 Å². The van der Waals surface area contributed by atoms with Gasteiger partial charge < -0.3 is 10.2 Å². The number of oxazole rings is 1. The number of hydrogen-bond acceptors (Lipinski definition) is 3. The van der Waals surface area contributed by atoms with Gasteiger partial charge in [-0.15, -0.1) is 0 Å². The molecule has 0 radical (unpaired) electrons. The minimum atomic E-state index is -0.0725. The Balaban J connectivity index is 2.58. The zero-order valence-corrected chi connectivity index (χ0v) is 6.19. The Morgan fingerprint density at radius 2 is 2.55 bits per heavy atom. The third kappa shape index (κ3) is 0.914. The predicted octanol–water partition coefficient (Wildman–Crippen LogP) is 0.947. The lowest BCUT2D eigenvalue weighted by Crippen LogP contribution is -2.02. The molecule has 0 saturated carbocycles. The summed E-state index contributed by atoms with van der Waals surface area (Å²) in [7, 11) is 0. The number of rotatable bonds is 1. The Labute approximate surface area is 63.6 Å². The maximum Gasteiger partial charge on any atom is 0.305 e. The van der Waals surface area contributed by atoms with Gasteiger partial charge in [0.05, 0.1) is 12.2 Å². The highest BCUT2D eigenvalue weighted by Crippen LogP contribution is 2.13. The molecule has 0 aliphatic carbocycles. The van der Waals surface area contributed by atoms with Crippen LogP contribution in [0.5, 0.6) is 0 Å². The molecule has 0 aliphatic rings. The van der Waals surface area contributed by atoms with Crippen LogP contribution in [0, 0.1) is 0 Å². The largest absolute Gasteiger partial charge is 0.427 e. The Kier molecular flexibility index (Phi) is 1.22. The van der Waals surface area contributed by atoms with Crippen molar-refractivity contribution >= 4 is 5.84 Å². The quantitative estimate of drug-likeness (QED) is 0.660. The van der Waals surface area contributed by atoms with Crippen molar-refractivity contribution in [2.45, 2.75) is 13.0 Å². The van der Waals surface area contributed by atoms with Gasteiger partial charge in [-0.25, -0.2) is 4.98 Å². The molecule has 2 aromatic heterocycles. The first-order chi connectivity index (χ1) is 5.27. The fraction of sp³-hybridized carbons (Fsp3) is 0.286. The molecular weight excluding hydrogens is 142 g/mol. The minimum Gasteiger partial charge on any atom is -0.427 e. The molecule has 0 aromatic carbocycles. The summed E-state index contributed by atoms with van der Waals surface area (Å²) in [4.78, 5) is 3.96. The molecule has 2 aromatic rings. The maximum atomic E-state index is 5.60. The van der Waals surface area contributed by atoms with Gasteiger partial charge in [0.1, 0.15) is 5.76 Å². The number of aromatic nitrogens is 2. The summed E-state index contributed by atoms with van der Waals surface area (Å²) in [6, 6.07) is -0.0725. The smallest absolute Gasteiger partial charge is 0.305 e. The average molecular weight is 151 g/mol. The highest BCUT2D eigenvalue weighted by atomic mass is 16.4. The minimum absolute atomic E-state index is 0.0725. The van der Waals surface area contributed by atoms with Crippen molar-refractivity contribution in [3.63, 3.8) is 0 Å². The first-order valence-electron chi connectivity index (χ1n) is 3.45. The van der Waals surface area contributed by atoms with E-state index in [0.29, 0.717) is 5.84 Å². The van der Waals surface area contributed by atoms with E-state index >= 15 is 0 Å². The molecule has 0 bridgehead atoms. The Bertz CT molecular complexity index is 332. The summed E-state index contributed by atoms with van der Waals surface area (Å²) in [6.45, 7) is 1.87. The number of nitrogens with zero attached hydrogens (tertiary/aromatic N) is 2. The number of nitrogens with two attached hydrogens (primary N) is 1. The van der Waals surface area contributed by atoms with E-state index in [1.54, 1.807) is 10.6 Å². The lowest BCUT2D eigenvalue weighted by molar-refractivity contribution is 0.503. The topological polar surface area (TPSA) is 56.5 Å². The second kappa shape index (κ2) is 2.10. The summed E-state index contributed by atoms with van der Waals surface area (Å²) < 4.78 is 7.10. The van der Waals surface area contributed by atoms with E-state index in [4.69, 9.17) is 10.2 Å². The molecule has 1 unspecified atom stereocenters. The van der Waals surface area contributed by atoms with Crippen molar-refractivity contribution < 1.29 is 4.42 Å². The molecule has 58 valence electrons. The summed E-state index contributed by atoms with van der Waals surface area (Å²) in [5, 5.41) is 0. The molecule has 2 N–H and O–H groups in total. The van der Waals surface area contributed by atoms with Gasteiger partial charge in [0.25, 0.3) is 0 Å². The maximum absolute atomic E-state index is 5.60. The van der Waals surface area contributed by atoms with Gasteiger partial charge in [-0.3, -0.25) is 4.40 Å². The van der Waals surface area contributed by atoms with E-state index in [1.165, 1.54) is 0 Å². The van der Waals surface area contributed by atoms with Crippen molar-refractivity contribution in [1.82, 2.24) is 9.38 Å². The zero-order chi connectivity index (χ0) is 7.84. The second-order valence-corrected chi connectivity index (χ2v) is 2.54. The fourth-order valence-electron chi connectivity index (χ4n) is 0.956. The van der Waals surface area contributed by atoms with Gasteiger partial charge in [-0.1, -0.05) is 0 Å². The molecule has 0 amide bonds. The number of fused-ring (bicyclic) bond motifs is 1. The SMILES string of the molecule is CC(N)c1cn2ccnc2o1. The molecular formula is C7H9N3O. The highest BCUT2D eigenvalue weighted by molar-refractivity contribution is 5.25. The lowest BCUT2D eigenvalue weighted by atomic mass is 10.3. The molecule has 1 atom stereocenters. The van der Waals surface area contributed by atoms with Crippen LogP contribution in [0.2, 0.25) is 0 Å². The third-order valence-corrected chi connectivity index (χ3v) is 1.56. The molecule has 11 heavy (non-hydrogen) atoms. The van der Waals surface area contributed by atoms with E-state index < -0.39 is 0 Å². The summed E-state index contributed by atoms with van der Waals surface area (Å²) in [5.41, 5.74) is 5.60. The van der Waals surface area contributed by atoms with E-state index in [9.17, 15) is 0 Å². The molecule has 0 saturated heterocycles. The first kappa shape index (κ1) is 6.42. The molecule has 2 rings (SSSR count). The van der Waals surface area contributed by atoms with Gasteiger partial charge in [0, 0.05) is 12.4 Å². The average Bonchev–Trinajstić information content (AvgIpc) is 2.40. The number of hydrogen-bond donors (Lipinski definition) is 1. The Hall–Kier alpha value is -1.29. The fourth-order valence-corrected chi connectivity index (χ4v) is 0.956. The van der Waals surface area contributed by atoms with Gasteiger partial charge in [0.15, 0.2) is 0 Å². The lowest BCUT2D eigenvalue weighted by Gasteiger charge is -1.95. The normalized spacial score (nSPS) is 14.0. The van der Waals surface area contributed by atoms with Crippen LogP contribution in [0.25, 0.3) is 5.84 Å². The van der Waals surface area contributed by atoms with Gasteiger partial charge in [-0.2, -0.15) is 0 Å². The van der Waals surface area contributed by atoms with Gasteiger partial charge >= 0.3 is 5.84 Å². The summed E-state index contributed by atoms with van der Waals surface area (Å²) in [5.74, 6) is 1.35. The Morgan fingerprint density at radius 1 is 1.73 bits per heavy atom. The van der Waals surface area contributed by atoms with Crippen LogP contribution >= 0.6 is 0 Å².